The molecule has 0 aromatic carbocycles. The Morgan fingerprint density at radius 3 is 2.39 bits per heavy atom. The van der Waals surface area contributed by atoms with Gasteiger partial charge in [-0.05, 0) is 0 Å². The molecule has 1 aliphatic heterocycles. The maximum atomic E-state index is 12.3. The molecule has 2 N–H and O–H groups in total. The highest BCUT2D eigenvalue weighted by Crippen LogP contribution is 2.19. The number of rotatable bonds is 2. The van der Waals surface area contributed by atoms with Crippen LogP contribution < -0.4 is 4.90 Å². The van der Waals surface area contributed by atoms with Gasteiger partial charge >= 0.3 is 12.4 Å². The van der Waals surface area contributed by atoms with E-state index in [-0.39, 0.29) is 18.0 Å². The predicted molar refractivity (Wildman–Crippen MR) is 50.3 cm³/mol. The minimum absolute atomic E-state index is 0.0385. The molecule has 0 saturated carbocycles. The summed E-state index contributed by atoms with van der Waals surface area (Å²) in [6, 6.07) is 0. The molecule has 2 atom stereocenters. The standard InChI is InChI=1S/C9H10F6N2O/c10-8(11,12)6-1-3-17(4-2-16-6)5-7(18)9(13,14)15/h1,3,7,18H,2,4-5H2/p+1/t7-/m0/s1. The van der Waals surface area contributed by atoms with Gasteiger partial charge in [0.2, 0.25) is 0 Å². The van der Waals surface area contributed by atoms with E-state index in [1.54, 1.807) is 0 Å². The first kappa shape index (κ1) is 15.0. The molecular formula is C9H11F6N2O+. The van der Waals surface area contributed by atoms with Crippen molar-refractivity contribution in [1.82, 2.24) is 0 Å². The lowest BCUT2D eigenvalue weighted by atomic mass is 10.3. The Morgan fingerprint density at radius 1 is 1.28 bits per heavy atom. The predicted octanol–water partition coefficient (Wildman–Crippen LogP) is 0.325. The third kappa shape index (κ3) is 4.30. The topological polar surface area (TPSA) is 37.0 Å². The molecule has 0 aliphatic carbocycles. The molecule has 0 aromatic rings. The minimum atomic E-state index is -4.78. The fourth-order valence-corrected chi connectivity index (χ4v) is 1.37. The zero-order valence-corrected chi connectivity index (χ0v) is 9.02. The lowest BCUT2D eigenvalue weighted by molar-refractivity contribution is -0.850. The van der Waals surface area contributed by atoms with E-state index in [2.05, 4.69) is 4.99 Å². The zero-order chi connectivity index (χ0) is 14.0. The van der Waals surface area contributed by atoms with E-state index >= 15 is 0 Å². The van der Waals surface area contributed by atoms with Crippen LogP contribution in [-0.4, -0.2) is 48.9 Å². The summed E-state index contributed by atoms with van der Waals surface area (Å²) >= 11 is 0. The van der Waals surface area contributed by atoms with E-state index in [0.29, 0.717) is 6.08 Å². The van der Waals surface area contributed by atoms with E-state index in [1.807, 2.05) is 0 Å². The van der Waals surface area contributed by atoms with Crippen molar-refractivity contribution in [2.75, 3.05) is 19.6 Å². The summed E-state index contributed by atoms with van der Waals surface area (Å²) in [6.07, 6.45) is -10.4. The first-order valence-corrected chi connectivity index (χ1v) is 5.00. The minimum Gasteiger partial charge on any atom is -0.379 e. The van der Waals surface area contributed by atoms with Gasteiger partial charge in [-0.1, -0.05) is 0 Å². The molecule has 0 aromatic heterocycles. The average molecular weight is 277 g/mol. The van der Waals surface area contributed by atoms with Crippen LogP contribution in [0.1, 0.15) is 0 Å². The molecule has 0 bridgehead atoms. The molecule has 3 nitrogen and oxygen atoms in total. The molecule has 0 fully saturated rings. The Bertz CT molecular complexity index is 346. The van der Waals surface area contributed by atoms with Crippen molar-refractivity contribution >= 4 is 5.71 Å². The van der Waals surface area contributed by atoms with E-state index in [0.717, 1.165) is 6.20 Å². The van der Waals surface area contributed by atoms with Gasteiger partial charge in [-0.2, -0.15) is 26.3 Å². The molecular weight excluding hydrogens is 266 g/mol. The highest BCUT2D eigenvalue weighted by Gasteiger charge is 2.41. The van der Waals surface area contributed by atoms with Crippen molar-refractivity contribution in [2.24, 2.45) is 4.99 Å². The second-order valence-electron chi connectivity index (χ2n) is 3.77. The lowest BCUT2D eigenvalue weighted by Crippen LogP contribution is -3.09. The largest absolute Gasteiger partial charge is 0.433 e. The third-order valence-corrected chi connectivity index (χ3v) is 2.32. The Labute approximate surface area is 98.4 Å². The molecule has 0 amide bonds. The van der Waals surface area contributed by atoms with Crippen LogP contribution in [-0.2, 0) is 0 Å². The van der Waals surface area contributed by atoms with Crippen LogP contribution in [0.5, 0.6) is 0 Å². The van der Waals surface area contributed by atoms with Crippen molar-refractivity contribution in [3.8, 4) is 0 Å². The summed E-state index contributed by atoms with van der Waals surface area (Å²) in [7, 11) is 0. The number of hydrogen-bond acceptors (Lipinski definition) is 2. The van der Waals surface area contributed by atoms with Crippen LogP contribution in [0.2, 0.25) is 0 Å². The monoisotopic (exact) mass is 277 g/mol. The Morgan fingerprint density at radius 2 is 1.89 bits per heavy atom. The lowest BCUT2D eigenvalue weighted by Gasteiger charge is -2.18. The van der Waals surface area contributed by atoms with Crippen molar-refractivity contribution in [3.63, 3.8) is 0 Å². The van der Waals surface area contributed by atoms with Gasteiger partial charge in [-0.25, -0.2) is 0 Å². The SMILES string of the molecule is O[C@@H](C[NH+]1C=CC(C(F)(F)F)=NCC1)C(F)(F)F. The number of aliphatic imine (C=N–C) groups is 1. The van der Waals surface area contributed by atoms with E-state index in [4.69, 9.17) is 5.11 Å². The van der Waals surface area contributed by atoms with Crippen LogP contribution in [0.3, 0.4) is 0 Å². The van der Waals surface area contributed by atoms with Crippen LogP contribution in [0, 0.1) is 0 Å². The van der Waals surface area contributed by atoms with Crippen LogP contribution >= 0.6 is 0 Å². The van der Waals surface area contributed by atoms with Gasteiger partial charge < -0.3 is 10.0 Å². The molecule has 1 unspecified atom stereocenters. The van der Waals surface area contributed by atoms with Crippen LogP contribution in [0.25, 0.3) is 0 Å². The van der Waals surface area contributed by atoms with Gasteiger partial charge in [0, 0.05) is 6.08 Å². The number of hydrogen-bond donors (Lipinski definition) is 2. The van der Waals surface area contributed by atoms with Crippen molar-refractivity contribution in [3.05, 3.63) is 12.3 Å². The fourth-order valence-electron chi connectivity index (χ4n) is 1.37. The first-order chi connectivity index (χ1) is 8.10. The first-order valence-electron chi connectivity index (χ1n) is 5.00. The Balaban J connectivity index is 2.65. The number of quaternary nitrogens is 1. The smallest absolute Gasteiger partial charge is 0.379 e. The van der Waals surface area contributed by atoms with Crippen molar-refractivity contribution in [2.45, 2.75) is 18.5 Å². The molecule has 1 aliphatic rings. The van der Waals surface area contributed by atoms with E-state index in [1.165, 1.54) is 0 Å². The number of aliphatic hydroxyl groups excluding tert-OH is 1. The second kappa shape index (κ2) is 5.27. The number of allylic oxidation sites excluding steroid dienone is 1. The van der Waals surface area contributed by atoms with Gasteiger partial charge in [0.1, 0.15) is 18.8 Å². The summed E-state index contributed by atoms with van der Waals surface area (Å²) in [5.41, 5.74) is -1.13. The molecule has 1 rings (SSSR count). The molecule has 0 spiro atoms. The fraction of sp³-hybridized carbons (Fsp3) is 0.667. The normalized spacial score (nSPS) is 23.5. The summed E-state index contributed by atoms with van der Waals surface area (Å²) in [6.45, 7) is -1.02. The Hall–Kier alpha value is -1.09. The van der Waals surface area contributed by atoms with Crippen molar-refractivity contribution in [1.29, 1.82) is 0 Å². The molecule has 104 valence electrons. The number of halogens is 6. The average Bonchev–Trinajstić information content (AvgIpc) is 2.40. The Kier molecular flexibility index (Phi) is 4.38. The number of aliphatic hydroxyl groups is 1. The second-order valence-corrected chi connectivity index (χ2v) is 3.77. The zero-order valence-electron chi connectivity index (χ0n) is 9.02. The summed E-state index contributed by atoms with van der Waals surface area (Å²) in [4.78, 5) is 3.32. The highest BCUT2D eigenvalue weighted by atomic mass is 19.4. The summed E-state index contributed by atoms with van der Waals surface area (Å²) < 4.78 is 73.1. The van der Waals surface area contributed by atoms with E-state index < -0.39 is 30.7 Å². The van der Waals surface area contributed by atoms with Gasteiger partial charge in [0.25, 0.3) is 0 Å². The van der Waals surface area contributed by atoms with E-state index in [9.17, 15) is 26.3 Å². The maximum Gasteiger partial charge on any atom is 0.433 e. The molecule has 0 saturated heterocycles. The number of nitrogens with zero attached hydrogens (tertiary/aromatic N) is 1. The molecule has 0 radical (unpaired) electrons. The molecule has 9 heteroatoms. The number of alkyl halides is 6. The third-order valence-electron chi connectivity index (χ3n) is 2.32. The summed E-state index contributed by atoms with van der Waals surface area (Å²) in [5.74, 6) is 0. The van der Waals surface area contributed by atoms with Gasteiger partial charge in [-0.15, -0.1) is 0 Å². The van der Waals surface area contributed by atoms with Crippen LogP contribution in [0.15, 0.2) is 17.3 Å². The van der Waals surface area contributed by atoms with Gasteiger partial charge in [-0.3, -0.25) is 4.99 Å². The highest BCUT2D eigenvalue weighted by molar-refractivity contribution is 5.99. The molecule has 18 heavy (non-hydrogen) atoms. The number of nitrogens with one attached hydrogen (secondary N) is 1. The molecule has 1 heterocycles. The summed E-state index contributed by atoms with van der Waals surface area (Å²) in [5, 5.41) is 8.82. The van der Waals surface area contributed by atoms with Gasteiger partial charge in [0.15, 0.2) is 6.10 Å². The van der Waals surface area contributed by atoms with Crippen molar-refractivity contribution < 1.29 is 36.3 Å². The quantitative estimate of drug-likeness (QED) is 0.701. The van der Waals surface area contributed by atoms with Crippen LogP contribution in [0.4, 0.5) is 26.3 Å². The maximum absolute atomic E-state index is 12.3. The van der Waals surface area contributed by atoms with Gasteiger partial charge in [0.05, 0.1) is 12.7 Å².